The molecule has 150 valence electrons. The minimum Gasteiger partial charge on any atom is -0.355 e. The third-order valence-corrected chi connectivity index (χ3v) is 5.31. The fourth-order valence-corrected chi connectivity index (χ4v) is 3.71. The van der Waals surface area contributed by atoms with Crippen LogP contribution in [0.4, 0.5) is 0 Å². The van der Waals surface area contributed by atoms with Gasteiger partial charge in [0, 0.05) is 38.3 Å². The van der Waals surface area contributed by atoms with Crippen molar-refractivity contribution in [2.75, 3.05) is 19.6 Å². The molecule has 2 aromatic rings. The summed E-state index contributed by atoms with van der Waals surface area (Å²) < 4.78 is 1.98. The molecule has 1 fully saturated rings. The van der Waals surface area contributed by atoms with Gasteiger partial charge in [0.05, 0.1) is 11.6 Å². The maximum absolute atomic E-state index is 12.5. The molecule has 1 saturated heterocycles. The van der Waals surface area contributed by atoms with Crippen LogP contribution in [0.15, 0.2) is 36.4 Å². The Morgan fingerprint density at radius 3 is 2.71 bits per heavy atom. The fourth-order valence-electron chi connectivity index (χ4n) is 3.71. The molecule has 2 atom stereocenters. The second-order valence-electron chi connectivity index (χ2n) is 7.94. The summed E-state index contributed by atoms with van der Waals surface area (Å²) in [5, 5.41) is 7.50. The van der Waals surface area contributed by atoms with E-state index in [1.807, 2.05) is 41.6 Å². The van der Waals surface area contributed by atoms with Crippen molar-refractivity contribution in [3.05, 3.63) is 53.3 Å². The van der Waals surface area contributed by atoms with Crippen molar-refractivity contribution >= 4 is 11.8 Å². The van der Waals surface area contributed by atoms with E-state index in [9.17, 15) is 9.59 Å². The summed E-state index contributed by atoms with van der Waals surface area (Å²) in [6, 6.07) is 12.2. The summed E-state index contributed by atoms with van der Waals surface area (Å²) in [7, 11) is 0. The van der Waals surface area contributed by atoms with Crippen molar-refractivity contribution in [1.82, 2.24) is 20.0 Å². The van der Waals surface area contributed by atoms with E-state index in [4.69, 9.17) is 0 Å². The minimum atomic E-state index is -0.246. The van der Waals surface area contributed by atoms with Gasteiger partial charge in [0.15, 0.2) is 0 Å². The Balaban J connectivity index is 1.43. The predicted molar refractivity (Wildman–Crippen MR) is 109 cm³/mol. The van der Waals surface area contributed by atoms with Gasteiger partial charge in [0.1, 0.15) is 0 Å². The number of hydrogen-bond donors (Lipinski definition) is 1. The number of benzene rings is 1. The average Bonchev–Trinajstić information content (AvgIpc) is 3.20. The maximum atomic E-state index is 12.5. The van der Waals surface area contributed by atoms with Gasteiger partial charge in [-0.1, -0.05) is 37.3 Å². The molecular formula is C22H30N4O2. The molecule has 1 aliphatic heterocycles. The Morgan fingerprint density at radius 1 is 1.29 bits per heavy atom. The summed E-state index contributed by atoms with van der Waals surface area (Å²) in [6.07, 6.45) is 1.13. The zero-order valence-electron chi connectivity index (χ0n) is 17.0. The molecule has 0 spiro atoms. The molecule has 1 N–H and O–H groups in total. The first kappa shape index (κ1) is 20.1. The number of rotatable bonds is 8. The number of amides is 2. The van der Waals surface area contributed by atoms with E-state index in [-0.39, 0.29) is 23.7 Å². The number of carbonyl (C=O) groups is 2. The molecule has 2 amide bonds. The number of aromatic nitrogens is 2. The molecule has 0 bridgehead atoms. The monoisotopic (exact) mass is 382 g/mol. The van der Waals surface area contributed by atoms with Crippen molar-refractivity contribution in [3.63, 3.8) is 0 Å². The molecule has 0 aliphatic carbocycles. The number of aryl methyl sites for hydroxylation is 2. The van der Waals surface area contributed by atoms with E-state index in [2.05, 4.69) is 35.5 Å². The van der Waals surface area contributed by atoms with Crippen LogP contribution < -0.4 is 5.32 Å². The van der Waals surface area contributed by atoms with E-state index in [1.54, 1.807) is 0 Å². The van der Waals surface area contributed by atoms with Crippen molar-refractivity contribution in [3.8, 4) is 0 Å². The molecule has 1 aliphatic rings. The molecule has 28 heavy (non-hydrogen) atoms. The van der Waals surface area contributed by atoms with Gasteiger partial charge in [0.25, 0.3) is 0 Å². The molecule has 0 unspecified atom stereocenters. The highest BCUT2D eigenvalue weighted by Crippen LogP contribution is 2.18. The first-order valence-corrected chi connectivity index (χ1v) is 10.0. The quantitative estimate of drug-likeness (QED) is 0.762. The first-order valence-electron chi connectivity index (χ1n) is 10.0. The van der Waals surface area contributed by atoms with Gasteiger partial charge in [0.2, 0.25) is 11.8 Å². The number of nitrogens with one attached hydrogen (secondary N) is 1. The second-order valence-corrected chi connectivity index (χ2v) is 7.94. The van der Waals surface area contributed by atoms with Crippen LogP contribution in [0.25, 0.3) is 0 Å². The summed E-state index contributed by atoms with van der Waals surface area (Å²) in [4.78, 5) is 26.6. The van der Waals surface area contributed by atoms with Gasteiger partial charge in [-0.15, -0.1) is 0 Å². The second kappa shape index (κ2) is 9.04. The van der Waals surface area contributed by atoms with E-state index in [0.717, 1.165) is 24.4 Å². The van der Waals surface area contributed by atoms with Crippen molar-refractivity contribution in [2.24, 2.45) is 11.8 Å². The largest absolute Gasteiger partial charge is 0.355 e. The van der Waals surface area contributed by atoms with Crippen molar-refractivity contribution < 1.29 is 9.59 Å². The highest BCUT2D eigenvalue weighted by atomic mass is 16.2. The zero-order valence-corrected chi connectivity index (χ0v) is 17.0. The number of likely N-dealkylation sites (tertiary alicyclic amines) is 1. The van der Waals surface area contributed by atoms with E-state index >= 15 is 0 Å². The molecule has 6 heteroatoms. The third-order valence-electron chi connectivity index (χ3n) is 5.31. The highest BCUT2D eigenvalue weighted by Gasteiger charge is 2.33. The van der Waals surface area contributed by atoms with Crippen LogP contribution in [0.5, 0.6) is 0 Å². The molecule has 0 saturated carbocycles. The smallest absolute Gasteiger partial charge is 0.225 e. The fraction of sp³-hybridized carbons (Fsp3) is 0.500. The third kappa shape index (κ3) is 5.21. The van der Waals surface area contributed by atoms with Crippen LogP contribution >= 0.6 is 0 Å². The van der Waals surface area contributed by atoms with Crippen molar-refractivity contribution in [1.29, 1.82) is 0 Å². The lowest BCUT2D eigenvalue weighted by Gasteiger charge is -2.18. The first-order chi connectivity index (χ1) is 13.4. The van der Waals surface area contributed by atoms with Gasteiger partial charge in [-0.3, -0.25) is 14.3 Å². The normalized spacial score (nSPS) is 17.8. The molecular weight excluding hydrogens is 352 g/mol. The summed E-state index contributed by atoms with van der Waals surface area (Å²) >= 11 is 0. The van der Waals surface area contributed by atoms with Crippen LogP contribution in [0.3, 0.4) is 0 Å². The van der Waals surface area contributed by atoms with Crippen LogP contribution in [0.1, 0.15) is 30.3 Å². The van der Waals surface area contributed by atoms with Crippen LogP contribution in [0, 0.1) is 25.7 Å². The van der Waals surface area contributed by atoms with Crippen LogP contribution in [-0.2, 0) is 22.6 Å². The molecule has 6 nitrogen and oxygen atoms in total. The Kier molecular flexibility index (Phi) is 6.49. The van der Waals surface area contributed by atoms with E-state index in [1.165, 1.54) is 5.56 Å². The summed E-state index contributed by atoms with van der Waals surface area (Å²) in [5.41, 5.74) is 3.35. The van der Waals surface area contributed by atoms with Gasteiger partial charge in [-0.2, -0.15) is 5.10 Å². The van der Waals surface area contributed by atoms with Crippen LogP contribution in [-0.4, -0.2) is 46.1 Å². The topological polar surface area (TPSA) is 67.2 Å². The van der Waals surface area contributed by atoms with Crippen LogP contribution in [0.2, 0.25) is 0 Å². The average molecular weight is 383 g/mol. The lowest BCUT2D eigenvalue weighted by molar-refractivity contribution is -0.129. The summed E-state index contributed by atoms with van der Waals surface area (Å²) in [5.74, 6) is 0.0833. The highest BCUT2D eigenvalue weighted by molar-refractivity contribution is 5.89. The summed E-state index contributed by atoms with van der Waals surface area (Å²) in [6.45, 7) is 8.67. The Bertz CT molecular complexity index is 815. The van der Waals surface area contributed by atoms with Gasteiger partial charge in [-0.25, -0.2) is 0 Å². The van der Waals surface area contributed by atoms with Gasteiger partial charge in [-0.05, 0) is 37.8 Å². The maximum Gasteiger partial charge on any atom is 0.225 e. The Hall–Kier alpha value is -2.63. The van der Waals surface area contributed by atoms with E-state index in [0.29, 0.717) is 26.1 Å². The minimum absolute atomic E-state index is 0.0178. The van der Waals surface area contributed by atoms with Crippen molar-refractivity contribution in [2.45, 2.75) is 40.2 Å². The standard InChI is InChI=1S/C22H30N4O2/c1-16(14-26-18(3)11-17(2)24-26)13-23-22(28)20-12-21(27)25(15-20)10-9-19-7-5-4-6-8-19/h4-8,11,16,20H,9-10,12-15H2,1-3H3,(H,23,28)/t16-,20-/m0/s1. The molecule has 2 heterocycles. The number of hydrogen-bond acceptors (Lipinski definition) is 3. The van der Waals surface area contributed by atoms with Gasteiger partial charge < -0.3 is 10.2 Å². The van der Waals surface area contributed by atoms with E-state index < -0.39 is 0 Å². The lowest BCUT2D eigenvalue weighted by atomic mass is 10.1. The van der Waals surface area contributed by atoms with Gasteiger partial charge >= 0.3 is 0 Å². The molecule has 1 aromatic heterocycles. The lowest BCUT2D eigenvalue weighted by Crippen LogP contribution is -2.36. The molecule has 0 radical (unpaired) electrons. The number of nitrogens with zero attached hydrogens (tertiary/aromatic N) is 3. The Morgan fingerprint density at radius 2 is 2.04 bits per heavy atom. The SMILES string of the molecule is Cc1cc(C)n(C[C@@H](C)CNC(=O)[C@H]2CC(=O)N(CCc3ccccc3)C2)n1. The Labute approximate surface area is 166 Å². The zero-order chi connectivity index (χ0) is 20.1. The molecule has 3 rings (SSSR count). The number of carbonyl (C=O) groups excluding carboxylic acids is 2. The molecule has 1 aromatic carbocycles. The predicted octanol–water partition coefficient (Wildman–Crippen LogP) is 2.34.